The maximum absolute atomic E-state index is 10.3. The van der Waals surface area contributed by atoms with Gasteiger partial charge in [0.15, 0.2) is 0 Å². The predicted molar refractivity (Wildman–Crippen MR) is 67.8 cm³/mol. The van der Waals surface area contributed by atoms with Crippen LogP contribution in [0.1, 0.15) is 11.1 Å². The summed E-state index contributed by atoms with van der Waals surface area (Å²) in [5, 5.41) is 2.65. The molecule has 0 aliphatic heterocycles. The Kier molecular flexibility index (Phi) is 3.86. The first-order valence-corrected chi connectivity index (χ1v) is 5.56. The Morgan fingerprint density at radius 3 is 2.71 bits per heavy atom. The van der Waals surface area contributed by atoms with Gasteiger partial charge in [0.2, 0.25) is 6.41 Å². The van der Waals surface area contributed by atoms with Crippen LogP contribution in [0.15, 0.2) is 48.8 Å². The average Bonchev–Trinajstić information content (AvgIpc) is 2.39. The Morgan fingerprint density at radius 1 is 1.12 bits per heavy atom. The van der Waals surface area contributed by atoms with Gasteiger partial charge in [0, 0.05) is 18.1 Å². The molecular formula is C14H14N2O. The number of nitrogens with one attached hydrogen (secondary N) is 1. The highest BCUT2D eigenvalue weighted by molar-refractivity contribution is 5.71. The molecule has 1 aromatic carbocycles. The molecule has 0 aliphatic rings. The van der Waals surface area contributed by atoms with Crippen LogP contribution in [0.2, 0.25) is 0 Å². The molecule has 3 heteroatoms. The lowest BCUT2D eigenvalue weighted by molar-refractivity contribution is -0.105. The van der Waals surface area contributed by atoms with Crippen LogP contribution in [0.25, 0.3) is 0 Å². The van der Waals surface area contributed by atoms with Crippen LogP contribution >= 0.6 is 0 Å². The van der Waals surface area contributed by atoms with Crippen LogP contribution in [-0.4, -0.2) is 11.4 Å². The van der Waals surface area contributed by atoms with Crippen molar-refractivity contribution in [2.45, 2.75) is 12.8 Å². The highest BCUT2D eigenvalue weighted by Gasteiger charge is 1.97. The zero-order valence-electron chi connectivity index (χ0n) is 9.47. The first-order chi connectivity index (χ1) is 8.38. The van der Waals surface area contributed by atoms with Crippen molar-refractivity contribution in [2.24, 2.45) is 0 Å². The van der Waals surface area contributed by atoms with Gasteiger partial charge in [-0.1, -0.05) is 18.2 Å². The fourth-order valence-electron chi connectivity index (χ4n) is 1.72. The Hall–Kier alpha value is -2.16. The van der Waals surface area contributed by atoms with Crippen LogP contribution in [0.3, 0.4) is 0 Å². The molecule has 0 spiro atoms. The molecular weight excluding hydrogens is 212 g/mol. The van der Waals surface area contributed by atoms with E-state index in [0.29, 0.717) is 6.41 Å². The molecule has 1 amide bonds. The maximum atomic E-state index is 10.3. The lowest BCUT2D eigenvalue weighted by atomic mass is 10.1. The SMILES string of the molecule is O=CNc1cccc(CCc2cccnc2)c1. The Morgan fingerprint density at radius 2 is 1.94 bits per heavy atom. The average molecular weight is 226 g/mol. The van der Waals surface area contributed by atoms with E-state index in [1.165, 1.54) is 11.1 Å². The first-order valence-electron chi connectivity index (χ1n) is 5.56. The van der Waals surface area contributed by atoms with E-state index in [1.54, 1.807) is 6.20 Å². The first kappa shape index (κ1) is 11.3. The quantitative estimate of drug-likeness (QED) is 0.796. The highest BCUT2D eigenvalue weighted by atomic mass is 16.1. The molecule has 0 saturated heterocycles. The van der Waals surface area contributed by atoms with Gasteiger partial charge in [-0.15, -0.1) is 0 Å². The second kappa shape index (κ2) is 5.80. The van der Waals surface area contributed by atoms with E-state index in [9.17, 15) is 4.79 Å². The van der Waals surface area contributed by atoms with Crippen LogP contribution in [0.4, 0.5) is 5.69 Å². The van der Waals surface area contributed by atoms with E-state index < -0.39 is 0 Å². The van der Waals surface area contributed by atoms with Crippen LogP contribution in [-0.2, 0) is 17.6 Å². The molecule has 0 aliphatic carbocycles. The van der Waals surface area contributed by atoms with Gasteiger partial charge < -0.3 is 5.32 Å². The smallest absolute Gasteiger partial charge is 0.211 e. The van der Waals surface area contributed by atoms with E-state index in [0.717, 1.165) is 18.5 Å². The molecule has 0 unspecified atom stereocenters. The summed E-state index contributed by atoms with van der Waals surface area (Å²) in [6, 6.07) is 11.9. The van der Waals surface area contributed by atoms with Crippen molar-refractivity contribution in [3.8, 4) is 0 Å². The third kappa shape index (κ3) is 3.41. The number of amides is 1. The van der Waals surface area contributed by atoms with E-state index in [4.69, 9.17) is 0 Å². The second-order valence-electron chi connectivity index (χ2n) is 3.82. The van der Waals surface area contributed by atoms with Gasteiger partial charge >= 0.3 is 0 Å². The lowest BCUT2D eigenvalue weighted by Crippen LogP contribution is -1.96. The number of rotatable bonds is 5. The fraction of sp³-hybridized carbons (Fsp3) is 0.143. The molecule has 1 heterocycles. The highest BCUT2D eigenvalue weighted by Crippen LogP contribution is 2.12. The van der Waals surface area contributed by atoms with Crippen LogP contribution in [0, 0.1) is 0 Å². The summed E-state index contributed by atoms with van der Waals surface area (Å²) in [6.45, 7) is 0. The molecule has 1 N–H and O–H groups in total. The zero-order chi connectivity index (χ0) is 11.9. The Bertz CT molecular complexity index is 483. The minimum absolute atomic E-state index is 0.695. The van der Waals surface area contributed by atoms with Gasteiger partial charge in [-0.2, -0.15) is 0 Å². The van der Waals surface area contributed by atoms with Crippen LogP contribution in [0.5, 0.6) is 0 Å². The summed E-state index contributed by atoms with van der Waals surface area (Å²) >= 11 is 0. The van der Waals surface area contributed by atoms with Gasteiger partial charge in [-0.05, 0) is 42.2 Å². The molecule has 2 rings (SSSR count). The number of anilines is 1. The maximum Gasteiger partial charge on any atom is 0.211 e. The van der Waals surface area contributed by atoms with Gasteiger partial charge in [0.05, 0.1) is 0 Å². The molecule has 3 nitrogen and oxygen atoms in total. The molecule has 0 bridgehead atoms. The number of pyridine rings is 1. The van der Waals surface area contributed by atoms with E-state index in [2.05, 4.69) is 22.4 Å². The number of carbonyl (C=O) groups excluding carboxylic acids is 1. The molecule has 0 saturated carbocycles. The normalized spacial score (nSPS) is 9.88. The zero-order valence-corrected chi connectivity index (χ0v) is 9.47. The number of nitrogens with zero attached hydrogens (tertiary/aromatic N) is 1. The van der Waals surface area contributed by atoms with E-state index in [1.807, 2.05) is 30.5 Å². The molecule has 2 aromatic rings. The van der Waals surface area contributed by atoms with Crippen molar-refractivity contribution in [1.82, 2.24) is 4.98 Å². The van der Waals surface area contributed by atoms with Gasteiger partial charge in [0.25, 0.3) is 0 Å². The summed E-state index contributed by atoms with van der Waals surface area (Å²) < 4.78 is 0. The fourth-order valence-corrected chi connectivity index (χ4v) is 1.72. The summed E-state index contributed by atoms with van der Waals surface area (Å²) in [5.41, 5.74) is 3.27. The number of carbonyl (C=O) groups is 1. The Labute approximate surface area is 101 Å². The predicted octanol–water partition coefficient (Wildman–Crippen LogP) is 2.44. The van der Waals surface area contributed by atoms with Gasteiger partial charge in [-0.25, -0.2) is 0 Å². The molecule has 1 aromatic heterocycles. The number of aryl methyl sites for hydroxylation is 2. The molecule has 17 heavy (non-hydrogen) atoms. The van der Waals surface area contributed by atoms with Crippen molar-refractivity contribution < 1.29 is 4.79 Å². The van der Waals surface area contributed by atoms with E-state index in [-0.39, 0.29) is 0 Å². The van der Waals surface area contributed by atoms with Crippen molar-refractivity contribution in [3.05, 3.63) is 59.9 Å². The molecule has 0 fully saturated rings. The second-order valence-corrected chi connectivity index (χ2v) is 3.82. The minimum atomic E-state index is 0.695. The summed E-state index contributed by atoms with van der Waals surface area (Å²) in [4.78, 5) is 14.4. The number of hydrogen-bond acceptors (Lipinski definition) is 2. The number of benzene rings is 1. The summed E-state index contributed by atoms with van der Waals surface area (Å²) in [7, 11) is 0. The summed E-state index contributed by atoms with van der Waals surface area (Å²) in [6.07, 6.45) is 6.25. The Balaban J connectivity index is 1.99. The van der Waals surface area contributed by atoms with Crippen molar-refractivity contribution in [2.75, 3.05) is 5.32 Å². The number of aromatic nitrogens is 1. The van der Waals surface area contributed by atoms with Crippen molar-refractivity contribution in [3.63, 3.8) is 0 Å². The third-order valence-electron chi connectivity index (χ3n) is 2.58. The monoisotopic (exact) mass is 226 g/mol. The van der Waals surface area contributed by atoms with Crippen molar-refractivity contribution >= 4 is 12.1 Å². The lowest BCUT2D eigenvalue weighted by Gasteiger charge is -2.04. The van der Waals surface area contributed by atoms with Crippen molar-refractivity contribution in [1.29, 1.82) is 0 Å². The van der Waals surface area contributed by atoms with Gasteiger partial charge in [-0.3, -0.25) is 9.78 Å². The van der Waals surface area contributed by atoms with Crippen LogP contribution < -0.4 is 5.32 Å². The van der Waals surface area contributed by atoms with E-state index >= 15 is 0 Å². The topological polar surface area (TPSA) is 42.0 Å². The molecule has 0 radical (unpaired) electrons. The molecule has 0 atom stereocenters. The van der Waals surface area contributed by atoms with Gasteiger partial charge in [0.1, 0.15) is 0 Å². The standard InChI is InChI=1S/C14H14N2O/c17-11-16-14-5-1-3-12(9-14)6-7-13-4-2-8-15-10-13/h1-5,8-11H,6-7H2,(H,16,17). The largest absolute Gasteiger partial charge is 0.329 e. The summed E-state index contributed by atoms with van der Waals surface area (Å²) in [5.74, 6) is 0. The minimum Gasteiger partial charge on any atom is -0.329 e. The molecule has 86 valence electrons. The number of hydrogen-bond donors (Lipinski definition) is 1. The third-order valence-corrected chi connectivity index (χ3v) is 2.58.